The van der Waals surface area contributed by atoms with Gasteiger partial charge in [-0.25, -0.2) is 0 Å². The van der Waals surface area contributed by atoms with E-state index in [1.54, 1.807) is 20.8 Å². The van der Waals surface area contributed by atoms with Gasteiger partial charge in [-0.3, -0.25) is 14.9 Å². The molecule has 0 amide bonds. The fourth-order valence-corrected chi connectivity index (χ4v) is 1.36. The molecule has 5 nitrogen and oxygen atoms in total. The summed E-state index contributed by atoms with van der Waals surface area (Å²) in [7, 11) is 0. The lowest BCUT2D eigenvalue weighted by molar-refractivity contribution is -0.163. The molecule has 0 aliphatic heterocycles. The third-order valence-corrected chi connectivity index (χ3v) is 2.14. The average Bonchev–Trinajstić information content (AvgIpc) is 2.08. The molecule has 0 rings (SSSR count). The number of carboxylic acids is 1. The zero-order chi connectivity index (χ0) is 14.7. The van der Waals surface area contributed by atoms with Gasteiger partial charge in [-0.05, 0) is 48.5 Å². The number of hydrogen-bond donors (Lipinski definition) is 2. The van der Waals surface area contributed by atoms with E-state index in [0.717, 1.165) is 0 Å². The lowest BCUT2D eigenvalue weighted by Gasteiger charge is -2.31. The van der Waals surface area contributed by atoms with E-state index in [9.17, 15) is 9.59 Å². The molecule has 0 heterocycles. The van der Waals surface area contributed by atoms with Gasteiger partial charge in [-0.1, -0.05) is 0 Å². The van der Waals surface area contributed by atoms with Gasteiger partial charge in [0.15, 0.2) is 0 Å². The SMILES string of the molecule is CC(C(=O)O)C(NC(C)(C)C)C(=O)OC(C)(C)C. The summed E-state index contributed by atoms with van der Waals surface area (Å²) in [5.74, 6) is -2.41. The Balaban J connectivity index is 4.98. The molecule has 0 bridgehead atoms. The van der Waals surface area contributed by atoms with Crippen LogP contribution in [0.25, 0.3) is 0 Å². The van der Waals surface area contributed by atoms with Crippen molar-refractivity contribution >= 4 is 11.9 Å². The van der Waals surface area contributed by atoms with Crippen LogP contribution in [0.5, 0.6) is 0 Å². The van der Waals surface area contributed by atoms with Gasteiger partial charge >= 0.3 is 11.9 Å². The van der Waals surface area contributed by atoms with E-state index in [1.165, 1.54) is 6.92 Å². The molecular weight excluding hydrogens is 234 g/mol. The fourth-order valence-electron chi connectivity index (χ4n) is 1.36. The maximum absolute atomic E-state index is 12.0. The molecule has 18 heavy (non-hydrogen) atoms. The molecule has 0 saturated carbocycles. The highest BCUT2D eigenvalue weighted by Gasteiger charge is 2.35. The summed E-state index contributed by atoms with van der Waals surface area (Å²) in [6, 6.07) is -0.860. The lowest BCUT2D eigenvalue weighted by atomic mass is 9.98. The standard InChI is InChI=1S/C13H25NO4/c1-8(10(15)16)9(14-12(2,3)4)11(17)18-13(5,6)7/h8-9,14H,1-7H3,(H,15,16). The van der Waals surface area contributed by atoms with Crippen molar-refractivity contribution in [3.8, 4) is 0 Å². The maximum Gasteiger partial charge on any atom is 0.324 e. The Labute approximate surface area is 109 Å². The molecule has 0 spiro atoms. The predicted molar refractivity (Wildman–Crippen MR) is 69.3 cm³/mol. The average molecular weight is 259 g/mol. The molecule has 0 aliphatic carbocycles. The normalized spacial score (nSPS) is 15.9. The summed E-state index contributed by atoms with van der Waals surface area (Å²) in [5.41, 5.74) is -1.00. The largest absolute Gasteiger partial charge is 0.481 e. The highest BCUT2D eigenvalue weighted by molar-refractivity contribution is 5.84. The molecule has 106 valence electrons. The Hall–Kier alpha value is -1.10. The van der Waals surface area contributed by atoms with E-state index in [4.69, 9.17) is 9.84 Å². The number of carbonyl (C=O) groups is 2. The minimum atomic E-state index is -1.03. The van der Waals surface area contributed by atoms with Crippen LogP contribution >= 0.6 is 0 Å². The van der Waals surface area contributed by atoms with Crippen molar-refractivity contribution in [2.24, 2.45) is 5.92 Å². The number of ether oxygens (including phenoxy) is 1. The van der Waals surface area contributed by atoms with Crippen molar-refractivity contribution in [1.29, 1.82) is 0 Å². The van der Waals surface area contributed by atoms with Crippen LogP contribution in [0.3, 0.4) is 0 Å². The summed E-state index contributed by atoms with van der Waals surface area (Å²) in [6.07, 6.45) is 0. The predicted octanol–water partition coefficient (Wildman–Crippen LogP) is 1.81. The molecule has 0 aromatic carbocycles. The Morgan fingerprint density at radius 2 is 1.56 bits per heavy atom. The number of hydrogen-bond acceptors (Lipinski definition) is 4. The van der Waals surface area contributed by atoms with Crippen LogP contribution in [0.15, 0.2) is 0 Å². The van der Waals surface area contributed by atoms with Crippen molar-refractivity contribution < 1.29 is 19.4 Å². The van der Waals surface area contributed by atoms with E-state index in [0.29, 0.717) is 0 Å². The summed E-state index contributed by atoms with van der Waals surface area (Å²) in [5, 5.41) is 12.1. The molecule has 2 N–H and O–H groups in total. The Kier molecular flexibility index (Phi) is 5.35. The fraction of sp³-hybridized carbons (Fsp3) is 0.846. The second-order valence-electron chi connectivity index (χ2n) is 6.53. The smallest absolute Gasteiger partial charge is 0.324 e. The van der Waals surface area contributed by atoms with Gasteiger partial charge < -0.3 is 9.84 Å². The maximum atomic E-state index is 12.0. The highest BCUT2D eigenvalue weighted by Crippen LogP contribution is 2.15. The first kappa shape index (κ1) is 16.9. The van der Waals surface area contributed by atoms with Crippen LogP contribution in [-0.4, -0.2) is 34.2 Å². The first-order valence-corrected chi connectivity index (χ1v) is 6.07. The summed E-state index contributed by atoms with van der Waals surface area (Å²) < 4.78 is 5.25. The summed E-state index contributed by atoms with van der Waals surface area (Å²) >= 11 is 0. The molecule has 2 unspecified atom stereocenters. The Morgan fingerprint density at radius 1 is 1.11 bits per heavy atom. The van der Waals surface area contributed by atoms with Crippen LogP contribution in [0.2, 0.25) is 0 Å². The summed E-state index contributed by atoms with van der Waals surface area (Å²) in [4.78, 5) is 23.1. The van der Waals surface area contributed by atoms with Crippen LogP contribution in [-0.2, 0) is 14.3 Å². The number of carboxylic acid groups (broad SMARTS) is 1. The van der Waals surface area contributed by atoms with Gasteiger partial charge in [0, 0.05) is 5.54 Å². The molecule has 0 radical (unpaired) electrons. The van der Waals surface area contributed by atoms with Crippen LogP contribution < -0.4 is 5.32 Å². The topological polar surface area (TPSA) is 75.6 Å². The minimum absolute atomic E-state index is 0.370. The van der Waals surface area contributed by atoms with E-state index >= 15 is 0 Å². The van der Waals surface area contributed by atoms with Crippen LogP contribution in [0.4, 0.5) is 0 Å². The second-order valence-corrected chi connectivity index (χ2v) is 6.53. The van der Waals surface area contributed by atoms with Gasteiger partial charge in [0.1, 0.15) is 11.6 Å². The third kappa shape index (κ3) is 6.59. The van der Waals surface area contributed by atoms with E-state index in [1.807, 2.05) is 20.8 Å². The quantitative estimate of drug-likeness (QED) is 0.753. The molecule has 0 aliphatic rings. The van der Waals surface area contributed by atoms with Gasteiger partial charge in [-0.15, -0.1) is 0 Å². The Morgan fingerprint density at radius 3 is 1.83 bits per heavy atom. The van der Waals surface area contributed by atoms with Gasteiger partial charge in [-0.2, -0.15) is 0 Å². The molecule has 2 atom stereocenters. The number of rotatable bonds is 4. The van der Waals surface area contributed by atoms with Gasteiger partial charge in [0.25, 0.3) is 0 Å². The third-order valence-electron chi connectivity index (χ3n) is 2.14. The molecule has 0 aromatic rings. The van der Waals surface area contributed by atoms with Gasteiger partial charge in [0.05, 0.1) is 5.92 Å². The van der Waals surface area contributed by atoms with E-state index < -0.39 is 29.5 Å². The monoisotopic (exact) mass is 259 g/mol. The first-order chi connectivity index (χ1) is 7.83. The zero-order valence-electron chi connectivity index (χ0n) is 12.3. The molecular formula is C13H25NO4. The van der Waals surface area contributed by atoms with Gasteiger partial charge in [0.2, 0.25) is 0 Å². The van der Waals surface area contributed by atoms with Crippen molar-refractivity contribution in [1.82, 2.24) is 5.32 Å². The molecule has 0 saturated heterocycles. The Bertz CT molecular complexity index is 312. The highest BCUT2D eigenvalue weighted by atomic mass is 16.6. The van der Waals surface area contributed by atoms with E-state index in [-0.39, 0.29) is 5.54 Å². The summed E-state index contributed by atoms with van der Waals surface area (Å²) in [6.45, 7) is 12.4. The van der Waals surface area contributed by atoms with Crippen molar-refractivity contribution in [2.45, 2.75) is 65.6 Å². The molecule has 5 heteroatoms. The minimum Gasteiger partial charge on any atom is -0.481 e. The van der Waals surface area contributed by atoms with Crippen LogP contribution in [0.1, 0.15) is 48.5 Å². The number of carbonyl (C=O) groups excluding carboxylic acids is 1. The lowest BCUT2D eigenvalue weighted by Crippen LogP contribution is -2.54. The number of aliphatic carboxylic acids is 1. The van der Waals surface area contributed by atoms with Crippen molar-refractivity contribution in [2.75, 3.05) is 0 Å². The number of esters is 1. The second kappa shape index (κ2) is 5.69. The van der Waals surface area contributed by atoms with E-state index in [2.05, 4.69) is 5.32 Å². The first-order valence-electron chi connectivity index (χ1n) is 6.07. The number of nitrogens with one attached hydrogen (secondary N) is 1. The van der Waals surface area contributed by atoms with Crippen molar-refractivity contribution in [3.05, 3.63) is 0 Å². The molecule has 0 fully saturated rings. The van der Waals surface area contributed by atoms with Crippen LogP contribution in [0, 0.1) is 5.92 Å². The van der Waals surface area contributed by atoms with Crippen molar-refractivity contribution in [3.63, 3.8) is 0 Å². The zero-order valence-corrected chi connectivity index (χ0v) is 12.3. The molecule has 0 aromatic heterocycles.